The Bertz CT molecular complexity index is 312. The lowest BCUT2D eigenvalue weighted by atomic mass is 10.0. The zero-order chi connectivity index (χ0) is 8.18. The van der Waals surface area contributed by atoms with E-state index in [1.165, 1.54) is 25.7 Å². The molecule has 1 aromatic rings. The number of rotatable bonds is 2. The third kappa shape index (κ3) is 0.722. The lowest BCUT2D eigenvalue weighted by Crippen LogP contribution is -2.09. The minimum atomic E-state index is 0.205. The van der Waals surface area contributed by atoms with Crippen LogP contribution >= 0.6 is 0 Å². The molecule has 0 radical (unpaired) electrons. The summed E-state index contributed by atoms with van der Waals surface area (Å²) in [4.78, 5) is 0. The lowest BCUT2D eigenvalue weighted by Gasteiger charge is -2.05. The van der Waals surface area contributed by atoms with Crippen LogP contribution in [0.4, 0.5) is 6.01 Å². The summed E-state index contributed by atoms with van der Waals surface area (Å²) in [5, 5.41) is 7.66. The highest BCUT2D eigenvalue weighted by Gasteiger charge is 2.58. The maximum absolute atomic E-state index is 5.38. The van der Waals surface area contributed by atoms with Crippen LogP contribution in [-0.4, -0.2) is 10.2 Å². The molecule has 0 spiro atoms. The van der Waals surface area contributed by atoms with E-state index in [2.05, 4.69) is 10.2 Å². The third-order valence-corrected chi connectivity index (χ3v) is 3.01. The Morgan fingerprint density at radius 3 is 2.50 bits per heavy atom. The monoisotopic (exact) mass is 165 g/mol. The van der Waals surface area contributed by atoms with Crippen molar-refractivity contribution in [1.82, 2.24) is 10.2 Å². The van der Waals surface area contributed by atoms with Crippen molar-refractivity contribution < 1.29 is 4.42 Å². The van der Waals surface area contributed by atoms with Crippen molar-refractivity contribution in [3.63, 3.8) is 0 Å². The second-order valence-electron chi connectivity index (χ2n) is 3.88. The number of nitrogens with two attached hydrogens (primary N) is 1. The number of hydrogen-bond donors (Lipinski definition) is 1. The molecule has 0 atom stereocenters. The maximum Gasteiger partial charge on any atom is 0.312 e. The Morgan fingerprint density at radius 2 is 2.08 bits per heavy atom. The van der Waals surface area contributed by atoms with Gasteiger partial charge in [-0.2, -0.15) is 0 Å². The summed E-state index contributed by atoms with van der Waals surface area (Å²) < 4.78 is 5.27. The molecule has 0 unspecified atom stereocenters. The Balaban J connectivity index is 1.96. The fourth-order valence-corrected chi connectivity index (χ4v) is 2.00. The van der Waals surface area contributed by atoms with Gasteiger partial charge in [0, 0.05) is 0 Å². The van der Waals surface area contributed by atoms with Gasteiger partial charge in [-0.1, -0.05) is 5.10 Å². The first-order valence-electron chi connectivity index (χ1n) is 4.41. The summed E-state index contributed by atoms with van der Waals surface area (Å²) >= 11 is 0. The van der Waals surface area contributed by atoms with Gasteiger partial charge in [-0.25, -0.2) is 0 Å². The van der Waals surface area contributed by atoms with E-state index in [4.69, 9.17) is 10.2 Å². The predicted molar refractivity (Wildman–Crippen MR) is 42.3 cm³/mol. The molecular formula is C8H11N3O. The van der Waals surface area contributed by atoms with Crippen molar-refractivity contribution in [3.8, 4) is 0 Å². The third-order valence-electron chi connectivity index (χ3n) is 3.01. The Morgan fingerprint density at radius 1 is 1.33 bits per heavy atom. The van der Waals surface area contributed by atoms with Crippen LogP contribution in [0.15, 0.2) is 4.42 Å². The predicted octanol–water partition coefficient (Wildman–Crippen LogP) is 1.09. The van der Waals surface area contributed by atoms with E-state index in [-0.39, 0.29) is 11.4 Å². The summed E-state index contributed by atoms with van der Waals surface area (Å²) in [7, 11) is 0. The van der Waals surface area contributed by atoms with Crippen LogP contribution in [0.2, 0.25) is 0 Å². The molecule has 0 aromatic carbocycles. The van der Waals surface area contributed by atoms with Gasteiger partial charge >= 0.3 is 6.01 Å². The highest BCUT2D eigenvalue weighted by molar-refractivity contribution is 5.23. The lowest BCUT2D eigenvalue weighted by molar-refractivity contribution is 0.415. The summed E-state index contributed by atoms with van der Waals surface area (Å²) in [5.74, 6) is 1.58. The molecule has 3 rings (SSSR count). The fraction of sp³-hybridized carbons (Fsp3) is 0.750. The van der Waals surface area contributed by atoms with Crippen molar-refractivity contribution in [3.05, 3.63) is 5.89 Å². The van der Waals surface area contributed by atoms with Crippen molar-refractivity contribution in [1.29, 1.82) is 0 Å². The average molecular weight is 165 g/mol. The first kappa shape index (κ1) is 6.46. The smallest absolute Gasteiger partial charge is 0.312 e. The summed E-state index contributed by atoms with van der Waals surface area (Å²) in [6, 6.07) is 0.205. The topological polar surface area (TPSA) is 64.9 Å². The molecule has 2 saturated carbocycles. The maximum atomic E-state index is 5.38. The van der Waals surface area contributed by atoms with Crippen molar-refractivity contribution >= 4 is 6.01 Å². The molecular weight excluding hydrogens is 154 g/mol. The molecule has 4 nitrogen and oxygen atoms in total. The molecule has 0 amide bonds. The molecule has 1 heterocycles. The van der Waals surface area contributed by atoms with Gasteiger partial charge in [0.25, 0.3) is 0 Å². The fourth-order valence-electron chi connectivity index (χ4n) is 2.00. The average Bonchev–Trinajstić information content (AvgIpc) is 2.92. The summed E-state index contributed by atoms with van der Waals surface area (Å²) in [6.45, 7) is 0. The van der Waals surface area contributed by atoms with Gasteiger partial charge in [0.15, 0.2) is 0 Å². The quantitative estimate of drug-likeness (QED) is 0.712. The van der Waals surface area contributed by atoms with E-state index in [1.807, 2.05) is 0 Å². The van der Waals surface area contributed by atoms with Crippen molar-refractivity contribution in [2.75, 3.05) is 5.73 Å². The minimum absolute atomic E-state index is 0.205. The standard InChI is InChI=1S/C8H11N3O/c9-7-11-10-6(12-7)8(3-4-8)5-1-2-5/h5H,1-4H2,(H2,9,11). The van der Waals surface area contributed by atoms with Crippen LogP contribution in [0.25, 0.3) is 0 Å². The zero-order valence-electron chi connectivity index (χ0n) is 6.79. The molecule has 0 bridgehead atoms. The molecule has 12 heavy (non-hydrogen) atoms. The highest BCUT2D eigenvalue weighted by Crippen LogP contribution is 2.61. The molecule has 0 saturated heterocycles. The second-order valence-corrected chi connectivity index (χ2v) is 3.88. The van der Waals surface area contributed by atoms with Crippen molar-refractivity contribution in [2.45, 2.75) is 31.1 Å². The normalized spacial score (nSPS) is 25.7. The van der Waals surface area contributed by atoms with Crippen LogP contribution < -0.4 is 5.73 Å². The second kappa shape index (κ2) is 1.81. The van der Waals surface area contributed by atoms with E-state index in [9.17, 15) is 0 Å². The van der Waals surface area contributed by atoms with Crippen LogP contribution in [0, 0.1) is 5.92 Å². The highest BCUT2D eigenvalue weighted by atomic mass is 16.4. The van der Waals surface area contributed by atoms with E-state index in [1.54, 1.807) is 0 Å². The summed E-state index contributed by atoms with van der Waals surface area (Å²) in [5.41, 5.74) is 5.64. The largest absolute Gasteiger partial charge is 0.408 e. The molecule has 2 aliphatic rings. The van der Waals surface area contributed by atoms with Gasteiger partial charge in [-0.05, 0) is 31.6 Å². The molecule has 4 heteroatoms. The number of nitrogens with zero attached hydrogens (tertiary/aromatic N) is 2. The Labute approximate surface area is 70.2 Å². The van der Waals surface area contributed by atoms with Crippen LogP contribution in [-0.2, 0) is 5.41 Å². The molecule has 1 aromatic heterocycles. The van der Waals surface area contributed by atoms with Gasteiger partial charge in [0.05, 0.1) is 5.41 Å². The number of anilines is 1. The Kier molecular flexibility index (Phi) is 0.975. The van der Waals surface area contributed by atoms with E-state index < -0.39 is 0 Å². The van der Waals surface area contributed by atoms with Gasteiger partial charge in [0.2, 0.25) is 5.89 Å². The van der Waals surface area contributed by atoms with E-state index in [0.29, 0.717) is 0 Å². The number of aromatic nitrogens is 2. The van der Waals surface area contributed by atoms with Gasteiger partial charge in [-0.15, -0.1) is 5.10 Å². The molecule has 64 valence electrons. The van der Waals surface area contributed by atoms with Crippen LogP contribution in [0.1, 0.15) is 31.6 Å². The first-order valence-corrected chi connectivity index (χ1v) is 4.41. The number of hydrogen-bond acceptors (Lipinski definition) is 4. The van der Waals surface area contributed by atoms with Gasteiger partial charge in [-0.3, -0.25) is 0 Å². The first-order chi connectivity index (χ1) is 5.81. The van der Waals surface area contributed by atoms with E-state index in [0.717, 1.165) is 11.8 Å². The molecule has 2 aliphatic carbocycles. The molecule has 0 aliphatic heterocycles. The van der Waals surface area contributed by atoms with E-state index >= 15 is 0 Å². The molecule has 2 fully saturated rings. The minimum Gasteiger partial charge on any atom is -0.408 e. The SMILES string of the molecule is Nc1nnc(C2(C3CC3)CC2)o1. The van der Waals surface area contributed by atoms with Crippen LogP contribution in [0.3, 0.4) is 0 Å². The van der Waals surface area contributed by atoms with Gasteiger partial charge in [0.1, 0.15) is 0 Å². The summed E-state index contributed by atoms with van der Waals surface area (Å²) in [6.07, 6.45) is 5.06. The molecule has 2 N–H and O–H groups in total. The van der Waals surface area contributed by atoms with Crippen LogP contribution in [0.5, 0.6) is 0 Å². The van der Waals surface area contributed by atoms with Crippen molar-refractivity contribution in [2.24, 2.45) is 5.92 Å². The van der Waals surface area contributed by atoms with Gasteiger partial charge < -0.3 is 10.2 Å². The number of nitrogen functional groups attached to an aromatic ring is 1. The Hall–Kier alpha value is -1.06. The zero-order valence-corrected chi connectivity index (χ0v) is 6.79.